The Hall–Kier alpha value is -1.44. The maximum absolute atomic E-state index is 10.9. The molecule has 32 heavy (non-hydrogen) atoms. The second kappa shape index (κ2) is 24.2. The minimum absolute atomic E-state index is 0.332. The third-order valence-electron chi connectivity index (χ3n) is 6.10. The molecule has 0 spiro atoms. The van der Waals surface area contributed by atoms with Crippen molar-refractivity contribution in [1.82, 2.24) is 0 Å². The molecular formula is C24H50N2O6. The third kappa shape index (κ3) is 24.8. The maximum Gasteiger partial charge on any atom is 0.291 e. The molecule has 0 amide bonds. The van der Waals surface area contributed by atoms with Crippen LogP contribution in [0.2, 0.25) is 0 Å². The molecule has 1 atom stereocenters. The summed E-state index contributed by atoms with van der Waals surface area (Å²) in [5.41, 5.74) is -1.14. The number of hydrogen-bond donors (Lipinski definition) is 2. The predicted octanol–water partition coefficient (Wildman–Crippen LogP) is 7.49. The zero-order valence-corrected chi connectivity index (χ0v) is 20.8. The molecule has 192 valence electrons. The Morgan fingerprint density at radius 2 is 0.875 bits per heavy atom. The lowest BCUT2D eigenvalue weighted by atomic mass is 9.95. The van der Waals surface area contributed by atoms with Crippen LogP contribution in [0.5, 0.6) is 0 Å². The SMILES string of the molecule is CCCCCCCCCCCCCCCCCCCCCC(C)(CO)[N+](=O)[O-].O=[N+]([O-])O. The molecule has 0 aromatic carbocycles. The fourth-order valence-electron chi connectivity index (χ4n) is 3.81. The van der Waals surface area contributed by atoms with Gasteiger partial charge < -0.3 is 10.3 Å². The fraction of sp³-hybridized carbons (Fsp3) is 1.00. The van der Waals surface area contributed by atoms with Gasteiger partial charge in [0, 0.05) is 18.3 Å². The Kier molecular flexibility index (Phi) is 24.8. The van der Waals surface area contributed by atoms with Crippen LogP contribution in [0.4, 0.5) is 0 Å². The van der Waals surface area contributed by atoms with Gasteiger partial charge in [-0.3, -0.25) is 10.1 Å². The van der Waals surface area contributed by atoms with E-state index in [1.165, 1.54) is 103 Å². The third-order valence-corrected chi connectivity index (χ3v) is 6.10. The van der Waals surface area contributed by atoms with Gasteiger partial charge >= 0.3 is 0 Å². The molecule has 0 aromatic rings. The highest BCUT2D eigenvalue weighted by atomic mass is 16.9. The summed E-state index contributed by atoms with van der Waals surface area (Å²) in [6.07, 6.45) is 25.8. The highest BCUT2D eigenvalue weighted by Gasteiger charge is 2.35. The molecule has 8 heteroatoms. The minimum atomic E-state index is -1.50. The van der Waals surface area contributed by atoms with E-state index in [1.807, 2.05) is 0 Å². The van der Waals surface area contributed by atoms with Gasteiger partial charge in [0.05, 0.1) is 0 Å². The molecule has 0 bridgehead atoms. The van der Waals surface area contributed by atoms with Crippen molar-refractivity contribution >= 4 is 0 Å². The van der Waals surface area contributed by atoms with Crippen molar-refractivity contribution in [2.75, 3.05) is 6.61 Å². The van der Waals surface area contributed by atoms with Gasteiger partial charge in [-0.25, -0.2) is 0 Å². The molecule has 0 aliphatic rings. The molecular weight excluding hydrogens is 412 g/mol. The molecule has 0 heterocycles. The van der Waals surface area contributed by atoms with Crippen molar-refractivity contribution in [1.29, 1.82) is 0 Å². The lowest BCUT2D eigenvalue weighted by Gasteiger charge is -2.17. The molecule has 0 saturated heterocycles. The minimum Gasteiger partial charge on any atom is -0.389 e. The van der Waals surface area contributed by atoms with E-state index < -0.39 is 10.6 Å². The summed E-state index contributed by atoms with van der Waals surface area (Å²) in [5, 5.41) is 33.7. The average molecular weight is 463 g/mol. The van der Waals surface area contributed by atoms with Crippen LogP contribution in [0.3, 0.4) is 0 Å². The number of hydrogen-bond acceptors (Lipinski definition) is 5. The van der Waals surface area contributed by atoms with E-state index >= 15 is 0 Å². The first-order valence-electron chi connectivity index (χ1n) is 12.9. The van der Waals surface area contributed by atoms with Crippen molar-refractivity contribution in [2.45, 2.75) is 148 Å². The van der Waals surface area contributed by atoms with E-state index in [0.717, 1.165) is 19.3 Å². The molecule has 2 N–H and O–H groups in total. The topological polar surface area (TPSA) is 127 Å². The smallest absolute Gasteiger partial charge is 0.291 e. The molecule has 0 fully saturated rings. The number of aliphatic hydroxyl groups is 1. The van der Waals surface area contributed by atoms with Gasteiger partial charge in [0.15, 0.2) is 0 Å². The van der Waals surface area contributed by atoms with Gasteiger partial charge in [-0.2, -0.15) is 0 Å². The van der Waals surface area contributed by atoms with Crippen molar-refractivity contribution < 1.29 is 20.3 Å². The molecule has 0 radical (unpaired) electrons. The van der Waals surface area contributed by atoms with Gasteiger partial charge in [0.25, 0.3) is 5.09 Å². The van der Waals surface area contributed by atoms with E-state index in [1.54, 1.807) is 6.92 Å². The zero-order chi connectivity index (χ0) is 24.5. The lowest BCUT2D eigenvalue weighted by molar-refractivity contribution is -0.742. The summed E-state index contributed by atoms with van der Waals surface area (Å²) in [4.78, 5) is 19.0. The van der Waals surface area contributed by atoms with Gasteiger partial charge in [-0.05, 0) is 6.42 Å². The summed E-state index contributed by atoms with van der Waals surface area (Å²) >= 11 is 0. The molecule has 0 saturated carbocycles. The Morgan fingerprint density at radius 3 is 1.09 bits per heavy atom. The van der Waals surface area contributed by atoms with Gasteiger partial charge in [-0.1, -0.05) is 122 Å². The summed E-state index contributed by atoms with van der Waals surface area (Å²) in [5.74, 6) is 0. The summed E-state index contributed by atoms with van der Waals surface area (Å²) in [6.45, 7) is 3.46. The van der Waals surface area contributed by atoms with Crippen LogP contribution >= 0.6 is 0 Å². The molecule has 0 aromatic heterocycles. The molecule has 1 unspecified atom stereocenters. The van der Waals surface area contributed by atoms with Crippen LogP contribution in [-0.4, -0.2) is 32.5 Å². The van der Waals surface area contributed by atoms with Crippen LogP contribution in [-0.2, 0) is 0 Å². The number of nitrogens with zero attached hydrogens (tertiary/aromatic N) is 2. The highest BCUT2D eigenvalue weighted by molar-refractivity contribution is 4.72. The quantitative estimate of drug-likeness (QED) is 0.0974. The van der Waals surface area contributed by atoms with E-state index in [2.05, 4.69) is 6.92 Å². The van der Waals surface area contributed by atoms with Crippen LogP contribution in [0.15, 0.2) is 0 Å². The van der Waals surface area contributed by atoms with Crippen molar-refractivity contribution in [2.24, 2.45) is 0 Å². The van der Waals surface area contributed by atoms with Crippen LogP contribution < -0.4 is 0 Å². The average Bonchev–Trinajstić information content (AvgIpc) is 2.74. The van der Waals surface area contributed by atoms with Gasteiger partial charge in [0.2, 0.25) is 5.54 Å². The Labute approximate surface area is 195 Å². The van der Waals surface area contributed by atoms with E-state index in [4.69, 9.17) is 20.4 Å². The number of nitro groups is 1. The van der Waals surface area contributed by atoms with Crippen molar-refractivity contribution in [3.8, 4) is 0 Å². The van der Waals surface area contributed by atoms with Gasteiger partial charge in [0.1, 0.15) is 6.61 Å². The lowest BCUT2D eigenvalue weighted by Crippen LogP contribution is -2.38. The normalized spacial score (nSPS) is 12.6. The number of unbranched alkanes of at least 4 members (excludes halogenated alkanes) is 18. The zero-order valence-electron chi connectivity index (χ0n) is 20.8. The second-order valence-electron chi connectivity index (χ2n) is 9.26. The monoisotopic (exact) mass is 462 g/mol. The molecule has 8 nitrogen and oxygen atoms in total. The van der Waals surface area contributed by atoms with Crippen molar-refractivity contribution in [3.05, 3.63) is 20.2 Å². The van der Waals surface area contributed by atoms with E-state index in [-0.39, 0.29) is 11.5 Å². The predicted molar refractivity (Wildman–Crippen MR) is 129 cm³/mol. The first-order valence-corrected chi connectivity index (χ1v) is 12.9. The largest absolute Gasteiger partial charge is 0.389 e. The summed E-state index contributed by atoms with van der Waals surface area (Å²) < 4.78 is 0. The Balaban J connectivity index is 0. The summed E-state index contributed by atoms with van der Waals surface area (Å²) in [6, 6.07) is 0. The van der Waals surface area contributed by atoms with E-state index in [9.17, 15) is 10.1 Å². The molecule has 0 rings (SSSR count). The van der Waals surface area contributed by atoms with Crippen LogP contribution in [0.1, 0.15) is 142 Å². The fourth-order valence-corrected chi connectivity index (χ4v) is 3.81. The second-order valence-corrected chi connectivity index (χ2v) is 9.26. The first kappa shape index (κ1) is 32.7. The molecule has 0 aliphatic heterocycles. The maximum atomic E-state index is 10.9. The van der Waals surface area contributed by atoms with Gasteiger partial charge in [-0.15, -0.1) is 10.1 Å². The Morgan fingerprint density at radius 1 is 0.625 bits per heavy atom. The number of aliphatic hydroxyl groups excluding tert-OH is 1. The standard InChI is InChI=1S/C24H49NO3.HNO3/c1-3-4-5-6-7-8-9-10-11-12-13-14-15-16-17-18-19-20-21-22-24(2,23-26)25(27)28;2-1(3)4/h26H,3-23H2,1-2H3;(H,2,3,4). The van der Waals surface area contributed by atoms with E-state index in [0.29, 0.717) is 6.42 Å². The highest BCUT2D eigenvalue weighted by Crippen LogP contribution is 2.19. The van der Waals surface area contributed by atoms with Crippen LogP contribution in [0.25, 0.3) is 0 Å². The summed E-state index contributed by atoms with van der Waals surface area (Å²) in [7, 11) is 0. The molecule has 0 aliphatic carbocycles. The first-order chi connectivity index (χ1) is 15.3. The van der Waals surface area contributed by atoms with Crippen molar-refractivity contribution in [3.63, 3.8) is 0 Å². The number of rotatable bonds is 22. The van der Waals surface area contributed by atoms with Crippen LogP contribution in [0, 0.1) is 20.2 Å². The Bertz CT molecular complexity index is 433.